The van der Waals surface area contributed by atoms with Crippen molar-refractivity contribution in [1.29, 1.82) is 0 Å². The normalized spacial score (nSPS) is 11.9. The highest BCUT2D eigenvalue weighted by Crippen LogP contribution is 2.44. The molecule has 0 fully saturated rings. The maximum Gasteiger partial charge on any atom is 0.0547 e. The minimum atomic E-state index is 0.938. The van der Waals surface area contributed by atoms with E-state index in [1.54, 1.807) is 0 Å². The maximum absolute atomic E-state index is 2.50. The Morgan fingerprint density at radius 1 is 0.382 bits per heavy atom. The molecule has 2 heteroatoms. The molecule has 9 aromatic carbocycles. The summed E-state index contributed by atoms with van der Waals surface area (Å²) >= 11 is 0. The SMILES string of the molecule is c1ccc(-c2ccc(N(c3cccc(-c4ccc5c6ccccc6n(-c6cccc7c6Cc6ccccc6-7)c5c4)c3)c3cccc4ccccc34)cc2)cc1. The highest BCUT2D eigenvalue weighted by Gasteiger charge is 2.24. The minimum absolute atomic E-state index is 0.938. The fraction of sp³-hybridized carbons (Fsp3) is 0.0189. The van der Waals surface area contributed by atoms with Gasteiger partial charge in [-0.25, -0.2) is 0 Å². The Hall–Kier alpha value is -7.16. The van der Waals surface area contributed by atoms with Crippen molar-refractivity contribution in [2.45, 2.75) is 6.42 Å². The van der Waals surface area contributed by atoms with Crippen LogP contribution >= 0.6 is 0 Å². The lowest BCUT2D eigenvalue weighted by atomic mass is 10.0. The van der Waals surface area contributed by atoms with Gasteiger partial charge in [0, 0.05) is 34.0 Å². The number of hydrogen-bond acceptors (Lipinski definition) is 1. The first-order chi connectivity index (χ1) is 27.3. The molecule has 0 unspecified atom stereocenters. The molecule has 0 atom stereocenters. The molecule has 0 saturated heterocycles. The number of fused-ring (bicyclic) bond motifs is 7. The summed E-state index contributed by atoms with van der Waals surface area (Å²) in [7, 11) is 0. The first-order valence-electron chi connectivity index (χ1n) is 19.1. The molecule has 0 amide bonds. The van der Waals surface area contributed by atoms with E-state index < -0.39 is 0 Å². The Kier molecular flexibility index (Phi) is 7.28. The van der Waals surface area contributed by atoms with Crippen LogP contribution in [0.1, 0.15) is 11.1 Å². The van der Waals surface area contributed by atoms with Gasteiger partial charge in [0.05, 0.1) is 22.4 Å². The van der Waals surface area contributed by atoms with Crippen LogP contribution in [0.3, 0.4) is 0 Å². The molecule has 258 valence electrons. The highest BCUT2D eigenvalue weighted by atomic mass is 15.1. The zero-order valence-corrected chi connectivity index (χ0v) is 30.2. The summed E-state index contributed by atoms with van der Waals surface area (Å²) in [5.74, 6) is 0. The third-order valence-corrected chi connectivity index (χ3v) is 11.4. The van der Waals surface area contributed by atoms with Crippen LogP contribution in [0.2, 0.25) is 0 Å². The van der Waals surface area contributed by atoms with Gasteiger partial charge in [-0.15, -0.1) is 0 Å². The number of nitrogens with zero attached hydrogens (tertiary/aromatic N) is 2. The molecule has 0 N–H and O–H groups in total. The van der Waals surface area contributed by atoms with Crippen LogP contribution in [0.4, 0.5) is 17.1 Å². The van der Waals surface area contributed by atoms with Crippen molar-refractivity contribution in [3.05, 3.63) is 217 Å². The van der Waals surface area contributed by atoms with Crippen molar-refractivity contribution < 1.29 is 0 Å². The highest BCUT2D eigenvalue weighted by molar-refractivity contribution is 6.10. The fourth-order valence-electron chi connectivity index (χ4n) is 8.85. The summed E-state index contributed by atoms with van der Waals surface area (Å²) < 4.78 is 2.50. The minimum Gasteiger partial charge on any atom is -0.310 e. The predicted molar refractivity (Wildman–Crippen MR) is 232 cm³/mol. The molecule has 1 aromatic heterocycles. The predicted octanol–water partition coefficient (Wildman–Crippen LogP) is 14.3. The van der Waals surface area contributed by atoms with Gasteiger partial charge in [0.15, 0.2) is 0 Å². The summed E-state index contributed by atoms with van der Waals surface area (Å²) in [6.45, 7) is 0. The number of rotatable bonds is 6. The molecule has 1 aliphatic carbocycles. The Morgan fingerprint density at radius 3 is 1.93 bits per heavy atom. The van der Waals surface area contributed by atoms with Crippen molar-refractivity contribution >= 4 is 49.6 Å². The first kappa shape index (κ1) is 31.4. The zero-order valence-electron chi connectivity index (χ0n) is 30.2. The maximum atomic E-state index is 2.50. The van der Waals surface area contributed by atoms with E-state index in [4.69, 9.17) is 0 Å². The molecule has 0 aliphatic heterocycles. The molecule has 0 bridgehead atoms. The second-order valence-corrected chi connectivity index (χ2v) is 14.5. The third kappa shape index (κ3) is 5.18. The summed E-state index contributed by atoms with van der Waals surface area (Å²) in [6, 6.07) is 75.4. The van der Waals surface area contributed by atoms with E-state index in [9.17, 15) is 0 Å². The van der Waals surface area contributed by atoms with Crippen LogP contribution in [-0.4, -0.2) is 4.57 Å². The summed E-state index contributed by atoms with van der Waals surface area (Å²) in [4.78, 5) is 2.40. The van der Waals surface area contributed by atoms with Gasteiger partial charge < -0.3 is 9.47 Å². The molecule has 1 heterocycles. The van der Waals surface area contributed by atoms with Crippen molar-refractivity contribution in [3.63, 3.8) is 0 Å². The van der Waals surface area contributed by atoms with E-state index in [1.807, 2.05) is 0 Å². The Morgan fingerprint density at radius 2 is 1.02 bits per heavy atom. The summed E-state index contributed by atoms with van der Waals surface area (Å²) in [6.07, 6.45) is 0.938. The van der Waals surface area contributed by atoms with Crippen molar-refractivity contribution in [2.75, 3.05) is 4.90 Å². The van der Waals surface area contributed by atoms with Crippen molar-refractivity contribution in [2.24, 2.45) is 0 Å². The standard InChI is InChI=1S/C53H36N2/c1-2-13-36(14-3-1)37-27-30-42(31-28-37)54(50-25-11-17-38-15-4-7-21-45(38)50)43-19-10-18-39(33-43)40-29-32-48-47-22-8-9-24-51(47)55(53(48)35-40)52-26-12-23-46-44-20-6-5-16-41(44)34-49(46)52/h1-33,35H,34H2. The van der Waals surface area contributed by atoms with Crippen LogP contribution in [0, 0.1) is 0 Å². The van der Waals surface area contributed by atoms with Crippen LogP contribution in [0.15, 0.2) is 206 Å². The van der Waals surface area contributed by atoms with E-state index in [0.29, 0.717) is 0 Å². The molecular weight excluding hydrogens is 665 g/mol. The molecular formula is C53H36N2. The van der Waals surface area contributed by atoms with E-state index in [2.05, 4.69) is 216 Å². The molecule has 55 heavy (non-hydrogen) atoms. The number of anilines is 3. The van der Waals surface area contributed by atoms with Crippen molar-refractivity contribution in [1.82, 2.24) is 4.57 Å². The van der Waals surface area contributed by atoms with E-state index >= 15 is 0 Å². The number of para-hydroxylation sites is 1. The molecule has 0 radical (unpaired) electrons. The lowest BCUT2D eigenvalue weighted by molar-refractivity contribution is 1.12. The van der Waals surface area contributed by atoms with Gasteiger partial charge in [-0.1, -0.05) is 158 Å². The molecule has 0 spiro atoms. The van der Waals surface area contributed by atoms with E-state index in [1.165, 1.54) is 82.8 Å². The summed E-state index contributed by atoms with van der Waals surface area (Å²) in [5.41, 5.74) is 17.3. The smallest absolute Gasteiger partial charge is 0.0547 e. The quantitative estimate of drug-likeness (QED) is 0.168. The van der Waals surface area contributed by atoms with Gasteiger partial charge >= 0.3 is 0 Å². The van der Waals surface area contributed by atoms with Crippen LogP contribution < -0.4 is 4.90 Å². The largest absolute Gasteiger partial charge is 0.310 e. The average Bonchev–Trinajstić information content (AvgIpc) is 3.80. The Balaban J connectivity index is 1.07. The van der Waals surface area contributed by atoms with Crippen LogP contribution in [0.5, 0.6) is 0 Å². The Bertz CT molecular complexity index is 3060. The molecule has 0 saturated carbocycles. The molecule has 10 aromatic rings. The second-order valence-electron chi connectivity index (χ2n) is 14.5. The summed E-state index contributed by atoms with van der Waals surface area (Å²) in [5, 5.41) is 4.97. The third-order valence-electron chi connectivity index (χ3n) is 11.4. The monoisotopic (exact) mass is 700 g/mol. The number of aromatic nitrogens is 1. The fourth-order valence-corrected chi connectivity index (χ4v) is 8.85. The molecule has 1 aliphatic rings. The van der Waals surface area contributed by atoms with E-state index in [-0.39, 0.29) is 0 Å². The topological polar surface area (TPSA) is 8.17 Å². The van der Waals surface area contributed by atoms with Gasteiger partial charge in [0.1, 0.15) is 0 Å². The van der Waals surface area contributed by atoms with Crippen molar-refractivity contribution in [3.8, 4) is 39.1 Å². The number of benzene rings is 9. The molecule has 11 rings (SSSR count). The van der Waals surface area contributed by atoms with Gasteiger partial charge in [0.2, 0.25) is 0 Å². The van der Waals surface area contributed by atoms with Gasteiger partial charge in [0.25, 0.3) is 0 Å². The average molecular weight is 701 g/mol. The Labute approximate surface area is 320 Å². The van der Waals surface area contributed by atoms with Gasteiger partial charge in [-0.2, -0.15) is 0 Å². The zero-order chi connectivity index (χ0) is 36.3. The van der Waals surface area contributed by atoms with Crippen LogP contribution in [0.25, 0.3) is 71.6 Å². The van der Waals surface area contributed by atoms with E-state index in [0.717, 1.165) is 23.5 Å². The van der Waals surface area contributed by atoms with Gasteiger partial charge in [-0.05, 0) is 98.4 Å². The molecule has 2 nitrogen and oxygen atoms in total. The lowest BCUT2D eigenvalue weighted by Crippen LogP contribution is -2.10. The second kappa shape index (κ2) is 12.8. The van der Waals surface area contributed by atoms with Gasteiger partial charge in [-0.3, -0.25) is 0 Å². The first-order valence-corrected chi connectivity index (χ1v) is 19.1. The lowest BCUT2D eigenvalue weighted by Gasteiger charge is -2.27. The van der Waals surface area contributed by atoms with Crippen LogP contribution in [-0.2, 0) is 6.42 Å². The number of hydrogen-bond donors (Lipinski definition) is 0.